The Morgan fingerprint density at radius 2 is 2.00 bits per heavy atom. The van der Waals surface area contributed by atoms with Crippen LogP contribution in [0.4, 0.5) is 0 Å². The Kier molecular flexibility index (Phi) is 4.70. The van der Waals surface area contributed by atoms with E-state index in [0.717, 1.165) is 31.3 Å². The van der Waals surface area contributed by atoms with Crippen LogP contribution in [0.15, 0.2) is 35.3 Å². The molecule has 0 heterocycles. The van der Waals surface area contributed by atoms with Crippen molar-refractivity contribution in [1.29, 1.82) is 0 Å². The normalized spacial score (nSPS) is 21.3. The summed E-state index contributed by atoms with van der Waals surface area (Å²) in [7, 11) is 1.87. The molecule has 3 heteroatoms. The van der Waals surface area contributed by atoms with Gasteiger partial charge in [-0.25, -0.2) is 0 Å². The van der Waals surface area contributed by atoms with Gasteiger partial charge in [0.05, 0.1) is 0 Å². The molecule has 0 saturated heterocycles. The summed E-state index contributed by atoms with van der Waals surface area (Å²) in [4.78, 5) is 4.39. The number of aryl methyl sites for hydroxylation is 1. The molecular weight excluding hydrogens is 270 g/mol. The van der Waals surface area contributed by atoms with E-state index in [4.69, 9.17) is 0 Å². The highest BCUT2D eigenvalue weighted by Gasteiger charge is 2.53. The summed E-state index contributed by atoms with van der Waals surface area (Å²) in [5, 5.41) is 7.10. The molecule has 2 aliphatic carbocycles. The minimum atomic E-state index is 0.433. The summed E-state index contributed by atoms with van der Waals surface area (Å²) in [6.07, 6.45) is 7.94. The van der Waals surface area contributed by atoms with Crippen LogP contribution < -0.4 is 10.6 Å². The van der Waals surface area contributed by atoms with Gasteiger partial charge < -0.3 is 10.6 Å². The summed E-state index contributed by atoms with van der Waals surface area (Å²) in [6.45, 7) is 3.34. The Hall–Kier alpha value is -1.51. The van der Waals surface area contributed by atoms with Crippen molar-refractivity contribution in [3.05, 3.63) is 35.9 Å². The second-order valence-corrected chi connectivity index (χ2v) is 7.13. The van der Waals surface area contributed by atoms with E-state index in [0.29, 0.717) is 11.5 Å². The minimum Gasteiger partial charge on any atom is -0.356 e. The van der Waals surface area contributed by atoms with Gasteiger partial charge >= 0.3 is 0 Å². The summed E-state index contributed by atoms with van der Waals surface area (Å²) in [6, 6.07) is 11.1. The van der Waals surface area contributed by atoms with Gasteiger partial charge in [-0.05, 0) is 62.3 Å². The molecule has 2 saturated carbocycles. The van der Waals surface area contributed by atoms with Gasteiger partial charge in [0.2, 0.25) is 0 Å². The predicted molar refractivity (Wildman–Crippen MR) is 93.1 cm³/mol. The summed E-state index contributed by atoms with van der Waals surface area (Å²) in [5.41, 5.74) is 2.02. The fraction of sp³-hybridized carbons (Fsp3) is 0.632. The lowest BCUT2D eigenvalue weighted by Crippen LogP contribution is -2.44. The maximum Gasteiger partial charge on any atom is 0.191 e. The number of nitrogens with one attached hydrogen (secondary N) is 2. The van der Waals surface area contributed by atoms with Crippen LogP contribution in [0, 0.1) is 11.3 Å². The molecule has 120 valence electrons. The first kappa shape index (κ1) is 15.4. The molecule has 22 heavy (non-hydrogen) atoms. The lowest BCUT2D eigenvalue weighted by Gasteiger charge is -2.21. The van der Waals surface area contributed by atoms with Crippen molar-refractivity contribution in [1.82, 2.24) is 10.6 Å². The molecule has 3 rings (SSSR count). The second kappa shape index (κ2) is 6.72. The summed E-state index contributed by atoms with van der Waals surface area (Å²) < 4.78 is 0. The average Bonchev–Trinajstić information content (AvgIpc) is 3.43. The van der Waals surface area contributed by atoms with Crippen LogP contribution in [0.25, 0.3) is 0 Å². The number of guanidine groups is 1. The number of hydrogen-bond donors (Lipinski definition) is 2. The number of hydrogen-bond acceptors (Lipinski definition) is 1. The Balaban J connectivity index is 1.40. The molecule has 0 aromatic heterocycles. The first-order valence-electron chi connectivity index (χ1n) is 8.73. The van der Waals surface area contributed by atoms with Crippen LogP contribution in [0.5, 0.6) is 0 Å². The van der Waals surface area contributed by atoms with Gasteiger partial charge in [0.1, 0.15) is 0 Å². The number of rotatable bonds is 7. The van der Waals surface area contributed by atoms with Crippen molar-refractivity contribution in [2.45, 2.75) is 51.5 Å². The monoisotopic (exact) mass is 299 g/mol. The Morgan fingerprint density at radius 3 is 2.59 bits per heavy atom. The predicted octanol–water partition coefficient (Wildman–Crippen LogP) is 3.36. The molecule has 0 spiro atoms. The highest BCUT2D eigenvalue weighted by atomic mass is 15.2. The quantitative estimate of drug-likeness (QED) is 0.598. The third-order valence-corrected chi connectivity index (χ3v) is 5.26. The lowest BCUT2D eigenvalue weighted by atomic mass is 10.0. The van der Waals surface area contributed by atoms with Gasteiger partial charge in [-0.2, -0.15) is 0 Å². The third-order valence-electron chi connectivity index (χ3n) is 5.26. The molecule has 1 aromatic carbocycles. The Bertz CT molecular complexity index is 501. The summed E-state index contributed by atoms with van der Waals surface area (Å²) >= 11 is 0. The van der Waals surface area contributed by atoms with E-state index in [2.05, 4.69) is 52.9 Å². The molecule has 0 bridgehead atoms. The van der Waals surface area contributed by atoms with E-state index in [9.17, 15) is 0 Å². The van der Waals surface area contributed by atoms with Crippen LogP contribution >= 0.6 is 0 Å². The van der Waals surface area contributed by atoms with Crippen molar-refractivity contribution in [2.75, 3.05) is 13.6 Å². The topological polar surface area (TPSA) is 36.4 Å². The molecular formula is C19H29N3. The van der Waals surface area contributed by atoms with Crippen molar-refractivity contribution < 1.29 is 0 Å². The SMILES string of the molecule is CN=C(NCC1(C2CC2)CC1)NC(C)CCc1ccccc1. The fourth-order valence-electron chi connectivity index (χ4n) is 3.37. The Morgan fingerprint density at radius 1 is 1.27 bits per heavy atom. The van der Waals surface area contributed by atoms with Gasteiger partial charge in [0.15, 0.2) is 5.96 Å². The van der Waals surface area contributed by atoms with Gasteiger partial charge in [0, 0.05) is 19.6 Å². The second-order valence-electron chi connectivity index (χ2n) is 7.13. The van der Waals surface area contributed by atoms with Gasteiger partial charge in [-0.3, -0.25) is 4.99 Å². The Labute approximate surface area is 134 Å². The minimum absolute atomic E-state index is 0.433. The van der Waals surface area contributed by atoms with Gasteiger partial charge in [0.25, 0.3) is 0 Å². The smallest absolute Gasteiger partial charge is 0.191 e. The summed E-state index contributed by atoms with van der Waals surface area (Å²) in [5.74, 6) is 1.96. The standard InChI is InChI=1S/C19H29N3/c1-15(8-9-16-6-4-3-5-7-16)22-18(20-2)21-14-19(12-13-19)17-10-11-17/h3-7,15,17H,8-14H2,1-2H3,(H2,20,21,22). The highest BCUT2D eigenvalue weighted by Crippen LogP contribution is 2.60. The van der Waals surface area contributed by atoms with Crippen LogP contribution in [0.1, 0.15) is 44.6 Å². The van der Waals surface area contributed by atoms with Crippen LogP contribution in [0.2, 0.25) is 0 Å². The fourth-order valence-corrected chi connectivity index (χ4v) is 3.37. The maximum atomic E-state index is 4.39. The molecule has 1 atom stereocenters. The molecule has 0 amide bonds. The van der Waals surface area contributed by atoms with E-state index < -0.39 is 0 Å². The molecule has 1 aromatic rings. The molecule has 2 N–H and O–H groups in total. The van der Waals surface area contributed by atoms with Gasteiger partial charge in [-0.15, -0.1) is 0 Å². The first-order chi connectivity index (χ1) is 10.7. The van der Waals surface area contributed by atoms with E-state index in [-0.39, 0.29) is 0 Å². The van der Waals surface area contributed by atoms with E-state index in [1.54, 1.807) is 0 Å². The van der Waals surface area contributed by atoms with E-state index >= 15 is 0 Å². The van der Waals surface area contributed by atoms with Crippen LogP contribution in [-0.2, 0) is 6.42 Å². The molecule has 0 aliphatic heterocycles. The number of benzene rings is 1. The molecule has 2 aliphatic rings. The molecule has 1 unspecified atom stereocenters. The number of nitrogens with zero attached hydrogens (tertiary/aromatic N) is 1. The average molecular weight is 299 g/mol. The van der Waals surface area contributed by atoms with Gasteiger partial charge in [-0.1, -0.05) is 30.3 Å². The molecule has 3 nitrogen and oxygen atoms in total. The highest BCUT2D eigenvalue weighted by molar-refractivity contribution is 5.80. The zero-order chi connectivity index (χ0) is 15.4. The van der Waals surface area contributed by atoms with E-state index in [1.807, 2.05) is 7.05 Å². The lowest BCUT2D eigenvalue weighted by molar-refractivity contribution is 0.429. The van der Waals surface area contributed by atoms with Crippen molar-refractivity contribution in [3.63, 3.8) is 0 Å². The van der Waals surface area contributed by atoms with E-state index in [1.165, 1.54) is 31.2 Å². The van der Waals surface area contributed by atoms with Crippen molar-refractivity contribution >= 4 is 5.96 Å². The largest absolute Gasteiger partial charge is 0.356 e. The zero-order valence-corrected chi connectivity index (χ0v) is 13.9. The van der Waals surface area contributed by atoms with Crippen molar-refractivity contribution in [3.8, 4) is 0 Å². The first-order valence-corrected chi connectivity index (χ1v) is 8.73. The third kappa shape index (κ3) is 4.02. The number of aliphatic imine (C=N–C) groups is 1. The van der Waals surface area contributed by atoms with Crippen LogP contribution in [-0.4, -0.2) is 25.6 Å². The van der Waals surface area contributed by atoms with Crippen molar-refractivity contribution in [2.24, 2.45) is 16.3 Å². The molecule has 2 fully saturated rings. The zero-order valence-electron chi connectivity index (χ0n) is 13.9. The molecule has 0 radical (unpaired) electrons. The van der Waals surface area contributed by atoms with Crippen LogP contribution in [0.3, 0.4) is 0 Å². The maximum absolute atomic E-state index is 4.39.